The third-order valence-corrected chi connectivity index (χ3v) is 5.93. The molecule has 0 spiro atoms. The molecule has 2 aliphatic heterocycles. The summed E-state index contributed by atoms with van der Waals surface area (Å²) in [5, 5.41) is 13.3. The van der Waals surface area contributed by atoms with Crippen LogP contribution in [0.3, 0.4) is 0 Å². The Labute approximate surface area is 163 Å². The van der Waals surface area contributed by atoms with Gasteiger partial charge in [0, 0.05) is 36.8 Å². The van der Waals surface area contributed by atoms with Gasteiger partial charge in [-0.2, -0.15) is 0 Å². The van der Waals surface area contributed by atoms with Crippen molar-refractivity contribution in [3.8, 4) is 0 Å². The molecule has 8 heteroatoms. The number of hydrogen-bond acceptors (Lipinski definition) is 3. The van der Waals surface area contributed by atoms with Crippen LogP contribution in [0.2, 0.25) is 5.02 Å². The highest BCUT2D eigenvalue weighted by Crippen LogP contribution is 2.35. The second kappa shape index (κ2) is 8.29. The van der Waals surface area contributed by atoms with Gasteiger partial charge in [0.25, 0.3) is 5.92 Å². The van der Waals surface area contributed by atoms with E-state index in [2.05, 4.69) is 5.32 Å². The molecule has 0 radical (unpaired) electrons. The summed E-state index contributed by atoms with van der Waals surface area (Å²) in [4.78, 5) is 16.2. The number of amides is 2. The Hall–Kier alpha value is -1.44. The molecular formula is C19H26ClF2N3O2. The van der Waals surface area contributed by atoms with Crippen molar-refractivity contribution < 1.29 is 18.7 Å². The minimum absolute atomic E-state index is 0.0287. The summed E-state index contributed by atoms with van der Waals surface area (Å²) in [6.07, 6.45) is 0.700. The van der Waals surface area contributed by atoms with Crippen LogP contribution >= 0.6 is 11.6 Å². The number of aliphatic hydroxyl groups excluding tert-OH is 1. The van der Waals surface area contributed by atoms with Gasteiger partial charge in [-0.15, -0.1) is 0 Å². The summed E-state index contributed by atoms with van der Waals surface area (Å²) >= 11 is 5.96. The number of hydrogen-bond donors (Lipinski definition) is 2. The smallest absolute Gasteiger partial charge is 0.322 e. The normalized spacial score (nSPS) is 27.9. The van der Waals surface area contributed by atoms with Gasteiger partial charge in [-0.25, -0.2) is 13.6 Å². The maximum Gasteiger partial charge on any atom is 0.322 e. The Bertz CT molecular complexity index is 676. The molecule has 2 heterocycles. The van der Waals surface area contributed by atoms with E-state index in [1.807, 2.05) is 6.92 Å². The number of nitrogens with zero attached hydrogens (tertiary/aromatic N) is 2. The highest BCUT2D eigenvalue weighted by molar-refractivity contribution is 6.30. The largest absolute Gasteiger partial charge is 0.394 e. The van der Waals surface area contributed by atoms with Crippen molar-refractivity contribution in [3.63, 3.8) is 0 Å². The van der Waals surface area contributed by atoms with E-state index in [0.29, 0.717) is 30.3 Å². The highest BCUT2D eigenvalue weighted by Gasteiger charge is 2.46. The fraction of sp³-hybridized carbons (Fsp3) is 0.632. The molecule has 27 heavy (non-hydrogen) atoms. The number of anilines is 1. The molecule has 3 rings (SSSR count). The van der Waals surface area contributed by atoms with Crippen molar-refractivity contribution >= 4 is 23.3 Å². The molecule has 5 nitrogen and oxygen atoms in total. The van der Waals surface area contributed by atoms with Crippen molar-refractivity contribution in [3.05, 3.63) is 29.3 Å². The fourth-order valence-electron chi connectivity index (χ4n) is 4.26. The molecule has 0 bridgehead atoms. The van der Waals surface area contributed by atoms with E-state index in [9.17, 15) is 18.7 Å². The van der Waals surface area contributed by atoms with Crippen LogP contribution in [0.4, 0.5) is 19.3 Å². The van der Waals surface area contributed by atoms with Crippen molar-refractivity contribution in [1.82, 2.24) is 9.80 Å². The third-order valence-electron chi connectivity index (χ3n) is 5.70. The van der Waals surface area contributed by atoms with Crippen LogP contribution in [-0.4, -0.2) is 65.7 Å². The lowest BCUT2D eigenvalue weighted by Crippen LogP contribution is -2.45. The van der Waals surface area contributed by atoms with Gasteiger partial charge in [0.1, 0.15) is 0 Å². The number of likely N-dealkylation sites (tertiary alicyclic amines) is 2. The summed E-state index contributed by atoms with van der Waals surface area (Å²) in [5.41, 5.74) is 0.583. The van der Waals surface area contributed by atoms with Crippen molar-refractivity contribution in [2.45, 2.75) is 31.7 Å². The van der Waals surface area contributed by atoms with E-state index in [4.69, 9.17) is 11.6 Å². The zero-order valence-electron chi connectivity index (χ0n) is 15.4. The van der Waals surface area contributed by atoms with Crippen molar-refractivity contribution in [2.24, 2.45) is 11.8 Å². The molecule has 0 aromatic heterocycles. The van der Waals surface area contributed by atoms with E-state index in [1.54, 1.807) is 34.1 Å². The predicted molar refractivity (Wildman–Crippen MR) is 101 cm³/mol. The summed E-state index contributed by atoms with van der Waals surface area (Å²) in [6.45, 7) is 2.93. The van der Waals surface area contributed by atoms with Crippen LogP contribution in [0.15, 0.2) is 24.3 Å². The molecule has 2 amide bonds. The van der Waals surface area contributed by atoms with Crippen LogP contribution in [0, 0.1) is 11.8 Å². The summed E-state index contributed by atoms with van der Waals surface area (Å²) in [7, 11) is 0. The molecule has 2 aliphatic rings. The van der Waals surface area contributed by atoms with Crippen LogP contribution in [0.1, 0.15) is 19.8 Å². The number of urea groups is 1. The first kappa shape index (κ1) is 20.3. The minimum atomic E-state index is -2.64. The average molecular weight is 402 g/mol. The number of carbonyl (C=O) groups excluding carboxylic acids is 1. The number of carbonyl (C=O) groups is 1. The van der Waals surface area contributed by atoms with Crippen LogP contribution in [0.25, 0.3) is 0 Å². The van der Waals surface area contributed by atoms with Crippen molar-refractivity contribution in [1.29, 1.82) is 0 Å². The van der Waals surface area contributed by atoms with Gasteiger partial charge < -0.3 is 15.3 Å². The van der Waals surface area contributed by atoms with E-state index in [1.165, 1.54) is 0 Å². The average Bonchev–Trinajstić information content (AvgIpc) is 3.14. The van der Waals surface area contributed by atoms with Crippen LogP contribution < -0.4 is 5.32 Å². The molecule has 0 saturated carbocycles. The SMILES string of the molecule is CC[C@@H]1CN(C(=O)Nc2cccc(Cl)c2)[C@H](CO)[C@@H]1CN1CCC(F)(F)C1. The molecular weight excluding hydrogens is 376 g/mol. The van der Waals surface area contributed by atoms with Gasteiger partial charge in [0.2, 0.25) is 0 Å². The Morgan fingerprint density at radius 2 is 2.22 bits per heavy atom. The Balaban J connectivity index is 1.70. The fourth-order valence-corrected chi connectivity index (χ4v) is 4.45. The Morgan fingerprint density at radius 3 is 2.81 bits per heavy atom. The van der Waals surface area contributed by atoms with Gasteiger partial charge >= 0.3 is 6.03 Å². The summed E-state index contributed by atoms with van der Waals surface area (Å²) in [5.74, 6) is -2.50. The minimum Gasteiger partial charge on any atom is -0.394 e. The van der Waals surface area contributed by atoms with Crippen LogP contribution in [0.5, 0.6) is 0 Å². The topological polar surface area (TPSA) is 55.8 Å². The second-order valence-corrected chi connectivity index (χ2v) is 7.95. The Kier molecular flexibility index (Phi) is 6.23. The predicted octanol–water partition coefficient (Wildman–Crippen LogP) is 3.53. The van der Waals surface area contributed by atoms with E-state index in [0.717, 1.165) is 6.42 Å². The van der Waals surface area contributed by atoms with E-state index < -0.39 is 5.92 Å². The maximum absolute atomic E-state index is 13.5. The van der Waals surface area contributed by atoms with Crippen molar-refractivity contribution in [2.75, 3.05) is 38.1 Å². The molecule has 0 unspecified atom stereocenters. The quantitative estimate of drug-likeness (QED) is 0.793. The lowest BCUT2D eigenvalue weighted by atomic mass is 9.88. The van der Waals surface area contributed by atoms with Gasteiger partial charge in [-0.05, 0) is 30.0 Å². The molecule has 2 N–H and O–H groups in total. The standard InChI is InChI=1S/C19H26ClF2N3O2/c1-2-13-9-25(18(27)23-15-5-3-4-14(20)8-15)17(11-26)16(13)10-24-7-6-19(21,22)12-24/h3-5,8,13,16-17,26H,2,6-7,9-12H2,1H3,(H,23,27)/t13-,16-,17-/m1/s1. The number of rotatable bonds is 5. The zero-order valence-corrected chi connectivity index (χ0v) is 16.1. The lowest BCUT2D eigenvalue weighted by molar-refractivity contribution is 0.00917. The van der Waals surface area contributed by atoms with Gasteiger partial charge in [-0.1, -0.05) is 31.0 Å². The molecule has 150 valence electrons. The molecule has 0 aliphatic carbocycles. The first-order valence-corrected chi connectivity index (χ1v) is 9.75. The molecule has 1 aromatic carbocycles. The Morgan fingerprint density at radius 1 is 1.44 bits per heavy atom. The summed E-state index contributed by atoms with van der Waals surface area (Å²) < 4.78 is 27.1. The molecule has 2 saturated heterocycles. The molecule has 1 aromatic rings. The number of halogens is 3. The molecule has 2 fully saturated rings. The van der Waals surface area contributed by atoms with E-state index >= 15 is 0 Å². The number of aliphatic hydroxyl groups is 1. The highest BCUT2D eigenvalue weighted by atomic mass is 35.5. The van der Waals surface area contributed by atoms with Gasteiger partial charge in [-0.3, -0.25) is 4.90 Å². The van der Waals surface area contributed by atoms with Crippen LogP contribution in [-0.2, 0) is 0 Å². The maximum atomic E-state index is 13.5. The first-order valence-electron chi connectivity index (χ1n) is 9.37. The number of nitrogens with one attached hydrogen (secondary N) is 1. The third kappa shape index (κ3) is 4.70. The number of benzene rings is 1. The second-order valence-electron chi connectivity index (χ2n) is 7.52. The monoisotopic (exact) mass is 401 g/mol. The summed E-state index contributed by atoms with van der Waals surface area (Å²) in [6, 6.07) is 6.18. The lowest BCUT2D eigenvalue weighted by Gasteiger charge is -2.30. The van der Waals surface area contributed by atoms with Gasteiger partial charge in [0.05, 0.1) is 19.2 Å². The van der Waals surface area contributed by atoms with Gasteiger partial charge in [0.15, 0.2) is 0 Å². The van der Waals surface area contributed by atoms with E-state index in [-0.39, 0.29) is 43.5 Å². The number of alkyl halides is 2. The first-order chi connectivity index (χ1) is 12.8. The zero-order chi connectivity index (χ0) is 19.6. The molecule has 3 atom stereocenters.